The van der Waals surface area contributed by atoms with Gasteiger partial charge in [-0.1, -0.05) is 23.2 Å². The minimum Gasteiger partial charge on any atom is -0.337 e. The van der Waals surface area contributed by atoms with Crippen LogP contribution in [0.25, 0.3) is 5.65 Å². The van der Waals surface area contributed by atoms with E-state index in [2.05, 4.69) is 20.7 Å². The molecule has 0 saturated heterocycles. The fourth-order valence-electron chi connectivity index (χ4n) is 1.80. The highest BCUT2D eigenvalue weighted by Gasteiger charge is 2.08. The zero-order valence-corrected chi connectivity index (χ0v) is 11.7. The van der Waals surface area contributed by atoms with Crippen molar-refractivity contribution >= 4 is 46.2 Å². The normalized spacial score (nSPS) is 10.8. The molecule has 0 aliphatic heterocycles. The molecule has 6 nitrogen and oxygen atoms in total. The molecular formula is C12H10Cl2N6. The summed E-state index contributed by atoms with van der Waals surface area (Å²) in [6, 6.07) is 5.23. The Balaban J connectivity index is 2.04. The summed E-state index contributed by atoms with van der Waals surface area (Å²) >= 11 is 11.9. The third-order valence-corrected chi connectivity index (χ3v) is 3.44. The predicted octanol–water partition coefficient (Wildman–Crippen LogP) is 3.07. The first-order chi connectivity index (χ1) is 9.67. The molecule has 8 heteroatoms. The van der Waals surface area contributed by atoms with Gasteiger partial charge in [0.2, 0.25) is 0 Å². The summed E-state index contributed by atoms with van der Waals surface area (Å²) in [5, 5.41) is 4.10. The van der Waals surface area contributed by atoms with Crippen LogP contribution >= 0.6 is 23.2 Å². The quantitative estimate of drug-likeness (QED) is 0.512. The van der Waals surface area contributed by atoms with Gasteiger partial charge in [0, 0.05) is 18.1 Å². The molecule has 0 spiro atoms. The number of rotatable bonds is 3. The third-order valence-electron chi connectivity index (χ3n) is 2.70. The van der Waals surface area contributed by atoms with Gasteiger partial charge >= 0.3 is 0 Å². The summed E-state index contributed by atoms with van der Waals surface area (Å²) in [6.45, 7) is 0. The lowest BCUT2D eigenvalue weighted by atomic mass is 10.3. The van der Waals surface area contributed by atoms with Crippen molar-refractivity contribution in [3.05, 3.63) is 46.8 Å². The first kappa shape index (κ1) is 13.0. The SMILES string of the molecule is NNc1cn2ccnc2c(Nc2ccc(Cl)c(Cl)c2)n1. The van der Waals surface area contributed by atoms with Crippen LogP contribution in [-0.4, -0.2) is 14.4 Å². The molecule has 0 aliphatic rings. The van der Waals surface area contributed by atoms with Crippen LogP contribution in [0.15, 0.2) is 36.8 Å². The highest BCUT2D eigenvalue weighted by molar-refractivity contribution is 6.42. The van der Waals surface area contributed by atoms with E-state index in [4.69, 9.17) is 29.0 Å². The molecule has 2 aromatic heterocycles. The number of anilines is 3. The molecule has 0 aliphatic carbocycles. The number of imidazole rings is 1. The van der Waals surface area contributed by atoms with Gasteiger partial charge in [-0.05, 0) is 18.2 Å². The zero-order chi connectivity index (χ0) is 14.1. The van der Waals surface area contributed by atoms with Crippen molar-refractivity contribution < 1.29 is 0 Å². The van der Waals surface area contributed by atoms with Gasteiger partial charge in [-0.3, -0.25) is 0 Å². The van der Waals surface area contributed by atoms with E-state index >= 15 is 0 Å². The van der Waals surface area contributed by atoms with E-state index < -0.39 is 0 Å². The molecule has 0 unspecified atom stereocenters. The van der Waals surface area contributed by atoms with Crippen molar-refractivity contribution in [1.82, 2.24) is 14.4 Å². The van der Waals surface area contributed by atoms with Crippen LogP contribution in [0.4, 0.5) is 17.3 Å². The molecule has 2 heterocycles. The summed E-state index contributed by atoms with van der Waals surface area (Å²) in [5.41, 5.74) is 3.94. The van der Waals surface area contributed by atoms with Crippen molar-refractivity contribution in [2.45, 2.75) is 0 Å². The highest BCUT2D eigenvalue weighted by Crippen LogP contribution is 2.27. The topological polar surface area (TPSA) is 80.3 Å². The van der Waals surface area contributed by atoms with Crippen LogP contribution in [0.2, 0.25) is 10.0 Å². The Labute approximate surface area is 124 Å². The second-order valence-electron chi connectivity index (χ2n) is 4.03. The minimum atomic E-state index is 0.462. The number of aromatic nitrogens is 3. The standard InChI is InChI=1S/C12H10Cl2N6/c13-8-2-1-7(5-9(8)14)17-11-12-16-3-4-20(12)6-10(18-11)19-15/h1-6,19H,15H2,(H,17,18). The number of halogens is 2. The molecule has 4 N–H and O–H groups in total. The maximum Gasteiger partial charge on any atom is 0.180 e. The van der Waals surface area contributed by atoms with Crippen LogP contribution < -0.4 is 16.6 Å². The molecule has 3 aromatic rings. The Hall–Kier alpha value is -2.02. The Bertz CT molecular complexity index is 770. The number of benzene rings is 1. The van der Waals surface area contributed by atoms with E-state index in [9.17, 15) is 0 Å². The average molecular weight is 309 g/mol. The van der Waals surface area contributed by atoms with Gasteiger partial charge in [-0.2, -0.15) is 0 Å². The van der Waals surface area contributed by atoms with Crippen LogP contribution in [0, 0.1) is 0 Å². The monoisotopic (exact) mass is 308 g/mol. The van der Waals surface area contributed by atoms with E-state index in [1.807, 2.05) is 4.40 Å². The molecule has 102 valence electrons. The first-order valence-electron chi connectivity index (χ1n) is 5.70. The summed E-state index contributed by atoms with van der Waals surface area (Å²) in [7, 11) is 0. The van der Waals surface area contributed by atoms with Crippen LogP contribution in [0.1, 0.15) is 0 Å². The Morgan fingerprint density at radius 3 is 2.80 bits per heavy atom. The average Bonchev–Trinajstić information content (AvgIpc) is 2.91. The predicted molar refractivity (Wildman–Crippen MR) is 80.5 cm³/mol. The van der Waals surface area contributed by atoms with Crippen molar-refractivity contribution in [3.63, 3.8) is 0 Å². The minimum absolute atomic E-state index is 0.462. The smallest absolute Gasteiger partial charge is 0.180 e. The van der Waals surface area contributed by atoms with Gasteiger partial charge in [-0.15, -0.1) is 0 Å². The summed E-state index contributed by atoms with van der Waals surface area (Å²) in [4.78, 5) is 8.57. The number of hydrogen-bond acceptors (Lipinski definition) is 5. The Morgan fingerprint density at radius 2 is 2.05 bits per heavy atom. The molecule has 0 amide bonds. The van der Waals surface area contributed by atoms with Crippen molar-refractivity contribution in [1.29, 1.82) is 0 Å². The first-order valence-corrected chi connectivity index (χ1v) is 6.45. The molecular weight excluding hydrogens is 299 g/mol. The third kappa shape index (κ3) is 2.36. The number of nitrogens with zero attached hydrogens (tertiary/aromatic N) is 3. The number of nitrogens with two attached hydrogens (primary N) is 1. The lowest BCUT2D eigenvalue weighted by molar-refractivity contribution is 1.11. The largest absolute Gasteiger partial charge is 0.337 e. The van der Waals surface area contributed by atoms with Gasteiger partial charge in [0.15, 0.2) is 17.3 Å². The molecule has 1 aromatic carbocycles. The molecule has 0 atom stereocenters. The van der Waals surface area contributed by atoms with E-state index in [1.165, 1.54) is 0 Å². The van der Waals surface area contributed by atoms with Gasteiger partial charge in [0.1, 0.15) is 0 Å². The lowest BCUT2D eigenvalue weighted by Gasteiger charge is -2.10. The fraction of sp³-hybridized carbons (Fsp3) is 0. The lowest BCUT2D eigenvalue weighted by Crippen LogP contribution is -2.11. The summed E-state index contributed by atoms with van der Waals surface area (Å²) in [6.07, 6.45) is 5.22. The number of fused-ring (bicyclic) bond motifs is 1. The maximum atomic E-state index is 5.99. The van der Waals surface area contributed by atoms with E-state index in [-0.39, 0.29) is 0 Å². The van der Waals surface area contributed by atoms with Crippen molar-refractivity contribution in [2.75, 3.05) is 10.7 Å². The number of nitrogens with one attached hydrogen (secondary N) is 2. The molecule has 0 radical (unpaired) electrons. The zero-order valence-electron chi connectivity index (χ0n) is 10.1. The Kier molecular flexibility index (Phi) is 3.35. The number of nitrogen functional groups attached to an aromatic ring is 1. The van der Waals surface area contributed by atoms with Gasteiger partial charge in [0.25, 0.3) is 0 Å². The molecule has 0 fully saturated rings. The van der Waals surface area contributed by atoms with Gasteiger partial charge in [0.05, 0.1) is 16.2 Å². The number of hydrogen-bond donors (Lipinski definition) is 3. The van der Waals surface area contributed by atoms with E-state index in [1.54, 1.807) is 36.8 Å². The molecule has 20 heavy (non-hydrogen) atoms. The van der Waals surface area contributed by atoms with E-state index in [0.29, 0.717) is 27.3 Å². The number of hydrazine groups is 1. The fourth-order valence-corrected chi connectivity index (χ4v) is 2.09. The van der Waals surface area contributed by atoms with Crippen LogP contribution in [-0.2, 0) is 0 Å². The Morgan fingerprint density at radius 1 is 1.20 bits per heavy atom. The molecule has 0 bridgehead atoms. The van der Waals surface area contributed by atoms with Crippen LogP contribution in [0.3, 0.4) is 0 Å². The summed E-state index contributed by atoms with van der Waals surface area (Å²) < 4.78 is 1.81. The highest BCUT2D eigenvalue weighted by atomic mass is 35.5. The molecule has 0 saturated carbocycles. The molecule has 3 rings (SSSR count). The van der Waals surface area contributed by atoms with E-state index in [0.717, 1.165) is 5.69 Å². The van der Waals surface area contributed by atoms with Crippen LogP contribution in [0.5, 0.6) is 0 Å². The van der Waals surface area contributed by atoms with Gasteiger partial charge < -0.3 is 15.1 Å². The van der Waals surface area contributed by atoms with Crippen molar-refractivity contribution in [3.8, 4) is 0 Å². The maximum absolute atomic E-state index is 5.99. The second kappa shape index (κ2) is 5.16. The second-order valence-corrected chi connectivity index (χ2v) is 4.85. The van der Waals surface area contributed by atoms with Gasteiger partial charge in [-0.25, -0.2) is 15.8 Å². The summed E-state index contributed by atoms with van der Waals surface area (Å²) in [5.74, 6) is 6.47. The van der Waals surface area contributed by atoms with Crippen molar-refractivity contribution in [2.24, 2.45) is 5.84 Å².